The van der Waals surface area contributed by atoms with E-state index in [1.807, 2.05) is 6.07 Å². The van der Waals surface area contributed by atoms with E-state index in [-0.39, 0.29) is 4.90 Å². The average molecular weight is 429 g/mol. The van der Waals surface area contributed by atoms with Gasteiger partial charge < -0.3 is 4.57 Å². The maximum Gasteiger partial charge on any atom is 0.242 e. The summed E-state index contributed by atoms with van der Waals surface area (Å²) in [4.78, 5) is 7.33. The molecule has 0 N–H and O–H groups in total. The summed E-state index contributed by atoms with van der Waals surface area (Å²) in [6, 6.07) is 14.0. The smallest absolute Gasteiger partial charge is 0.242 e. The second kappa shape index (κ2) is 9.29. The van der Waals surface area contributed by atoms with Crippen molar-refractivity contribution in [2.24, 2.45) is 0 Å². The fourth-order valence-corrected chi connectivity index (χ4v) is 4.54. The molecule has 0 atom stereocenters. The molecule has 0 unspecified atom stereocenters. The first-order valence-electron chi connectivity index (χ1n) is 10.4. The third-order valence-electron chi connectivity index (χ3n) is 5.32. The van der Waals surface area contributed by atoms with E-state index in [2.05, 4.69) is 54.6 Å². The lowest BCUT2D eigenvalue weighted by Gasteiger charge is -2.18. The van der Waals surface area contributed by atoms with Crippen LogP contribution in [0.1, 0.15) is 37.2 Å². The fourth-order valence-electron chi connectivity index (χ4n) is 3.61. The number of hydrogen-bond donors (Lipinski definition) is 0. The summed E-state index contributed by atoms with van der Waals surface area (Å²) in [7, 11) is 1.70. The quantitative estimate of drug-likeness (QED) is 0.519. The predicted octanol–water partition coefficient (Wildman–Crippen LogP) is 3.89. The van der Waals surface area contributed by atoms with Crippen molar-refractivity contribution in [2.45, 2.75) is 51.2 Å². The molecular weight excluding hydrogens is 396 g/mol. The van der Waals surface area contributed by atoms with E-state index in [1.165, 1.54) is 15.4 Å². The third kappa shape index (κ3) is 4.74. The number of fused-ring (bicyclic) bond motifs is 1. The maximum absolute atomic E-state index is 12.5. The molecule has 162 valence electrons. The van der Waals surface area contributed by atoms with Crippen molar-refractivity contribution in [3.05, 3.63) is 59.4 Å². The highest BCUT2D eigenvalue weighted by molar-refractivity contribution is 7.89. The molecule has 1 heterocycles. The lowest BCUT2D eigenvalue weighted by molar-refractivity contribution is 0.305. The van der Waals surface area contributed by atoms with Gasteiger partial charge in [0.05, 0.1) is 22.5 Å². The third-order valence-corrected chi connectivity index (χ3v) is 7.13. The van der Waals surface area contributed by atoms with Gasteiger partial charge in [0.2, 0.25) is 10.0 Å². The molecule has 0 radical (unpaired) electrons. The minimum absolute atomic E-state index is 0.275. The van der Waals surface area contributed by atoms with Gasteiger partial charge in [0, 0.05) is 27.2 Å². The van der Waals surface area contributed by atoms with E-state index in [9.17, 15) is 8.42 Å². The van der Waals surface area contributed by atoms with Gasteiger partial charge in [-0.1, -0.05) is 38.1 Å². The highest BCUT2D eigenvalue weighted by Crippen LogP contribution is 2.23. The number of imidazole rings is 1. The van der Waals surface area contributed by atoms with Crippen LogP contribution in [0.4, 0.5) is 0 Å². The number of rotatable bonds is 9. The topological polar surface area (TPSA) is 58.4 Å². The summed E-state index contributed by atoms with van der Waals surface area (Å²) in [6.07, 6.45) is 2.03. The summed E-state index contributed by atoms with van der Waals surface area (Å²) in [5.74, 6) is 0.957. The first-order valence-corrected chi connectivity index (χ1v) is 11.9. The van der Waals surface area contributed by atoms with Crippen LogP contribution in [-0.4, -0.2) is 48.3 Å². The Morgan fingerprint density at radius 3 is 2.20 bits per heavy atom. The Labute approximate surface area is 180 Å². The van der Waals surface area contributed by atoms with Gasteiger partial charge in [-0.3, -0.25) is 4.90 Å². The van der Waals surface area contributed by atoms with E-state index in [0.29, 0.717) is 6.54 Å². The van der Waals surface area contributed by atoms with Crippen LogP contribution in [-0.2, 0) is 36.1 Å². The normalized spacial score (nSPS) is 12.4. The lowest BCUT2D eigenvalue weighted by Crippen LogP contribution is -2.22. The predicted molar refractivity (Wildman–Crippen MR) is 122 cm³/mol. The molecular formula is C23H32N4O2S. The van der Waals surface area contributed by atoms with Gasteiger partial charge >= 0.3 is 0 Å². The molecule has 0 saturated heterocycles. The second-order valence-electron chi connectivity index (χ2n) is 7.96. The zero-order valence-electron chi connectivity index (χ0n) is 18.6. The number of aromatic nitrogens is 2. The van der Waals surface area contributed by atoms with Crippen LogP contribution in [0.15, 0.2) is 47.4 Å². The molecule has 0 amide bonds. The van der Waals surface area contributed by atoms with Gasteiger partial charge in [-0.15, -0.1) is 0 Å². The molecule has 0 bridgehead atoms. The van der Waals surface area contributed by atoms with Crippen molar-refractivity contribution in [1.29, 1.82) is 0 Å². The Morgan fingerprint density at radius 2 is 1.60 bits per heavy atom. The largest absolute Gasteiger partial charge is 0.327 e. The van der Waals surface area contributed by atoms with E-state index < -0.39 is 10.0 Å². The van der Waals surface area contributed by atoms with Crippen molar-refractivity contribution >= 4 is 21.1 Å². The van der Waals surface area contributed by atoms with Crippen molar-refractivity contribution in [1.82, 2.24) is 18.8 Å². The highest BCUT2D eigenvalue weighted by atomic mass is 32.2. The van der Waals surface area contributed by atoms with E-state index in [4.69, 9.17) is 4.98 Å². The molecule has 7 heteroatoms. The molecule has 30 heavy (non-hydrogen) atoms. The second-order valence-corrected chi connectivity index (χ2v) is 10.1. The molecule has 1 aromatic heterocycles. The number of hydrogen-bond acceptors (Lipinski definition) is 4. The highest BCUT2D eigenvalue weighted by Gasteiger charge is 2.20. The van der Waals surface area contributed by atoms with Crippen molar-refractivity contribution in [2.75, 3.05) is 21.1 Å². The summed E-state index contributed by atoms with van der Waals surface area (Å²) < 4.78 is 28.4. The van der Waals surface area contributed by atoms with Gasteiger partial charge in [-0.05, 0) is 49.2 Å². The number of sulfonamides is 1. The molecule has 2 aromatic carbocycles. The minimum Gasteiger partial charge on any atom is -0.327 e. The Morgan fingerprint density at radius 1 is 0.933 bits per heavy atom. The Balaban J connectivity index is 1.88. The standard InChI is InChI=1S/C23H32N4O2S/c1-6-14-27-22-13-12-20(30(28,29)25(3)4)15-21(22)24-23(27)17-26(5)16-19-10-8-18(7-2)9-11-19/h8-13,15H,6-7,14,16-17H2,1-5H3. The Kier molecular flexibility index (Phi) is 6.95. The van der Waals surface area contributed by atoms with Gasteiger partial charge in [0.25, 0.3) is 0 Å². The molecule has 0 aliphatic heterocycles. The number of nitrogens with zero attached hydrogens (tertiary/aromatic N) is 4. The minimum atomic E-state index is -3.48. The van der Waals surface area contributed by atoms with Crippen LogP contribution >= 0.6 is 0 Å². The SMILES string of the molecule is CCCn1c(CN(C)Cc2ccc(CC)cc2)nc2cc(S(=O)(=O)N(C)C)ccc21. The maximum atomic E-state index is 12.5. The number of aryl methyl sites for hydroxylation is 2. The van der Waals surface area contributed by atoms with E-state index >= 15 is 0 Å². The van der Waals surface area contributed by atoms with Crippen LogP contribution in [0.5, 0.6) is 0 Å². The van der Waals surface area contributed by atoms with Gasteiger partial charge in [-0.2, -0.15) is 0 Å². The van der Waals surface area contributed by atoms with E-state index in [1.54, 1.807) is 26.2 Å². The molecule has 0 saturated carbocycles. The average Bonchev–Trinajstić information content (AvgIpc) is 3.05. The summed E-state index contributed by atoms with van der Waals surface area (Å²) in [6.45, 7) is 6.68. The zero-order valence-corrected chi connectivity index (χ0v) is 19.4. The summed E-state index contributed by atoms with van der Waals surface area (Å²) in [5, 5.41) is 0. The van der Waals surface area contributed by atoms with Crippen molar-refractivity contribution < 1.29 is 8.42 Å². The zero-order chi connectivity index (χ0) is 21.9. The van der Waals surface area contributed by atoms with Crippen LogP contribution in [0.3, 0.4) is 0 Å². The first kappa shape index (κ1) is 22.5. The van der Waals surface area contributed by atoms with Gasteiger partial charge in [0.15, 0.2) is 0 Å². The molecule has 0 aliphatic rings. The first-order chi connectivity index (χ1) is 14.3. The molecule has 0 aliphatic carbocycles. The molecule has 3 rings (SSSR count). The van der Waals surface area contributed by atoms with Crippen LogP contribution in [0, 0.1) is 0 Å². The molecule has 0 spiro atoms. The van der Waals surface area contributed by atoms with Crippen LogP contribution in [0.2, 0.25) is 0 Å². The molecule has 3 aromatic rings. The van der Waals surface area contributed by atoms with Gasteiger partial charge in [0.1, 0.15) is 5.82 Å². The fraction of sp³-hybridized carbons (Fsp3) is 0.435. The summed E-state index contributed by atoms with van der Waals surface area (Å²) >= 11 is 0. The van der Waals surface area contributed by atoms with E-state index in [0.717, 1.165) is 42.8 Å². The Hall–Kier alpha value is -2.22. The van der Waals surface area contributed by atoms with Crippen molar-refractivity contribution in [3.63, 3.8) is 0 Å². The molecule has 6 nitrogen and oxygen atoms in total. The summed E-state index contributed by atoms with van der Waals surface area (Å²) in [5.41, 5.74) is 4.31. The Bertz CT molecular complexity index is 1100. The number of benzene rings is 2. The van der Waals surface area contributed by atoms with Gasteiger partial charge in [-0.25, -0.2) is 17.7 Å². The monoisotopic (exact) mass is 428 g/mol. The van der Waals surface area contributed by atoms with Crippen LogP contribution < -0.4 is 0 Å². The van der Waals surface area contributed by atoms with Crippen LogP contribution in [0.25, 0.3) is 11.0 Å². The molecule has 0 fully saturated rings. The van der Waals surface area contributed by atoms with Crippen molar-refractivity contribution in [3.8, 4) is 0 Å². The lowest BCUT2D eigenvalue weighted by atomic mass is 10.1.